The molecule has 0 saturated heterocycles. The average Bonchev–Trinajstić information content (AvgIpc) is 3.05. The molecule has 0 N–H and O–H groups in total. The van der Waals surface area contributed by atoms with Gasteiger partial charge in [0.2, 0.25) is 6.33 Å². The Morgan fingerprint density at radius 2 is 2.21 bits per heavy atom. The maximum absolute atomic E-state index is 11.6. The third-order valence-corrected chi connectivity index (χ3v) is 4.32. The van der Waals surface area contributed by atoms with Crippen LogP contribution in [-0.2, 0) is 16.4 Å². The van der Waals surface area contributed by atoms with Gasteiger partial charge in [-0.1, -0.05) is 12.1 Å². The predicted molar refractivity (Wildman–Crippen MR) is 70.1 cm³/mol. The van der Waals surface area contributed by atoms with Crippen LogP contribution < -0.4 is 0 Å². The molecule has 5 nitrogen and oxygen atoms in total. The fourth-order valence-electron chi connectivity index (χ4n) is 1.98. The van der Waals surface area contributed by atoms with E-state index in [9.17, 15) is 8.42 Å². The molecule has 0 atom stereocenters. The van der Waals surface area contributed by atoms with Crippen molar-refractivity contribution in [3.63, 3.8) is 0 Å². The Balaban J connectivity index is 1.99. The molecule has 6 heteroatoms. The molecule has 1 radical (unpaired) electrons. The number of aromatic nitrogens is 3. The summed E-state index contributed by atoms with van der Waals surface area (Å²) in [6.07, 6.45) is 6.25. The molecular formula is C13H14N3O2S. The van der Waals surface area contributed by atoms with Crippen molar-refractivity contribution in [2.24, 2.45) is 5.92 Å². The van der Waals surface area contributed by atoms with Gasteiger partial charge < -0.3 is 0 Å². The Morgan fingerprint density at radius 3 is 2.89 bits per heavy atom. The van der Waals surface area contributed by atoms with Crippen LogP contribution in [0.4, 0.5) is 0 Å². The van der Waals surface area contributed by atoms with E-state index in [0.29, 0.717) is 16.6 Å². The first kappa shape index (κ1) is 12.3. The highest BCUT2D eigenvalue weighted by molar-refractivity contribution is 7.90. The van der Waals surface area contributed by atoms with Gasteiger partial charge in [0.05, 0.1) is 4.90 Å². The molecule has 3 rings (SSSR count). The van der Waals surface area contributed by atoms with Crippen LogP contribution in [0.2, 0.25) is 0 Å². The van der Waals surface area contributed by atoms with Crippen molar-refractivity contribution in [3.05, 3.63) is 30.6 Å². The minimum Gasteiger partial charge on any atom is -0.245 e. The highest BCUT2D eigenvalue weighted by Gasteiger charge is 2.23. The summed E-state index contributed by atoms with van der Waals surface area (Å²) >= 11 is 0. The zero-order valence-corrected chi connectivity index (χ0v) is 11.4. The lowest BCUT2D eigenvalue weighted by Crippen LogP contribution is -2.05. The minimum absolute atomic E-state index is 0.297. The summed E-state index contributed by atoms with van der Waals surface area (Å²) in [5.41, 5.74) is 0.761. The van der Waals surface area contributed by atoms with E-state index in [-0.39, 0.29) is 0 Å². The second-order valence-corrected chi connectivity index (χ2v) is 6.98. The summed E-state index contributed by atoms with van der Waals surface area (Å²) in [4.78, 5) is 4.42. The van der Waals surface area contributed by atoms with Crippen molar-refractivity contribution in [1.82, 2.24) is 14.8 Å². The van der Waals surface area contributed by atoms with Crippen LogP contribution in [0.3, 0.4) is 0 Å². The van der Waals surface area contributed by atoms with E-state index in [1.807, 2.05) is 6.07 Å². The van der Waals surface area contributed by atoms with E-state index in [2.05, 4.69) is 16.4 Å². The molecule has 0 spiro atoms. The third-order valence-electron chi connectivity index (χ3n) is 3.21. The molecule has 1 saturated carbocycles. The average molecular weight is 276 g/mol. The fourth-order valence-corrected chi connectivity index (χ4v) is 2.65. The van der Waals surface area contributed by atoms with Crippen molar-refractivity contribution in [2.75, 3.05) is 6.26 Å². The molecule has 0 unspecified atom stereocenters. The van der Waals surface area contributed by atoms with Gasteiger partial charge in [0, 0.05) is 18.4 Å². The van der Waals surface area contributed by atoms with Crippen LogP contribution in [0.1, 0.15) is 12.8 Å². The zero-order chi connectivity index (χ0) is 13.5. The molecule has 1 heterocycles. The lowest BCUT2D eigenvalue weighted by Gasteiger charge is -2.06. The normalized spacial score (nSPS) is 15.6. The van der Waals surface area contributed by atoms with E-state index in [1.54, 1.807) is 22.9 Å². The SMILES string of the molecule is CS(=O)(=O)c1cccc(-c2n[c]nn2CC2CC2)c1. The quantitative estimate of drug-likeness (QED) is 0.850. The Labute approximate surface area is 112 Å². The van der Waals surface area contributed by atoms with Crippen LogP contribution in [0, 0.1) is 12.2 Å². The van der Waals surface area contributed by atoms with Crippen molar-refractivity contribution < 1.29 is 8.42 Å². The van der Waals surface area contributed by atoms with Crippen molar-refractivity contribution in [1.29, 1.82) is 0 Å². The lowest BCUT2D eigenvalue weighted by atomic mass is 10.2. The van der Waals surface area contributed by atoms with Crippen molar-refractivity contribution >= 4 is 9.84 Å². The summed E-state index contributed by atoms with van der Waals surface area (Å²) in [6.45, 7) is 0.828. The van der Waals surface area contributed by atoms with E-state index in [4.69, 9.17) is 0 Å². The molecule has 19 heavy (non-hydrogen) atoms. The number of hydrogen-bond acceptors (Lipinski definition) is 4. The van der Waals surface area contributed by atoms with Crippen LogP contribution in [0.5, 0.6) is 0 Å². The second kappa shape index (κ2) is 4.45. The summed E-state index contributed by atoms with van der Waals surface area (Å²) in [7, 11) is -3.21. The summed E-state index contributed by atoms with van der Waals surface area (Å²) < 4.78 is 25.0. The Kier molecular flexibility index (Phi) is 2.89. The molecule has 1 aliphatic rings. The van der Waals surface area contributed by atoms with Gasteiger partial charge in [0.25, 0.3) is 0 Å². The number of sulfone groups is 1. The summed E-state index contributed by atoms with van der Waals surface area (Å²) in [5.74, 6) is 1.35. The Hall–Kier alpha value is -1.69. The highest BCUT2D eigenvalue weighted by Crippen LogP contribution is 2.31. The van der Waals surface area contributed by atoms with Crippen molar-refractivity contribution in [2.45, 2.75) is 24.3 Å². The first-order chi connectivity index (χ1) is 9.04. The number of nitrogens with zero attached hydrogens (tertiary/aromatic N) is 3. The Morgan fingerprint density at radius 1 is 1.42 bits per heavy atom. The second-order valence-electron chi connectivity index (χ2n) is 4.96. The number of benzene rings is 1. The van der Waals surface area contributed by atoms with Crippen LogP contribution in [-0.4, -0.2) is 29.4 Å². The summed E-state index contributed by atoms with van der Waals surface area (Å²) in [6, 6.07) is 6.79. The smallest absolute Gasteiger partial charge is 0.221 e. The molecule has 1 fully saturated rings. The predicted octanol–water partition coefficient (Wildman–Crippen LogP) is 1.56. The van der Waals surface area contributed by atoms with E-state index < -0.39 is 9.84 Å². The van der Waals surface area contributed by atoms with Crippen LogP contribution >= 0.6 is 0 Å². The molecule has 0 bridgehead atoms. The van der Waals surface area contributed by atoms with Gasteiger partial charge in [0.15, 0.2) is 15.7 Å². The minimum atomic E-state index is -3.21. The molecule has 1 aromatic heterocycles. The maximum atomic E-state index is 11.6. The monoisotopic (exact) mass is 276 g/mol. The standard InChI is InChI=1S/C13H14N3O2S/c1-19(17,18)12-4-2-3-11(7-12)13-14-9-15-16(13)8-10-5-6-10/h2-4,7,10H,5-6,8H2,1H3. The fraction of sp³-hybridized carbons (Fsp3) is 0.385. The molecule has 99 valence electrons. The topological polar surface area (TPSA) is 64.8 Å². The van der Waals surface area contributed by atoms with E-state index >= 15 is 0 Å². The van der Waals surface area contributed by atoms with Gasteiger partial charge in [-0.3, -0.25) is 0 Å². The first-order valence-corrected chi connectivity index (χ1v) is 8.04. The van der Waals surface area contributed by atoms with Gasteiger partial charge >= 0.3 is 0 Å². The van der Waals surface area contributed by atoms with Crippen molar-refractivity contribution in [3.8, 4) is 11.4 Å². The molecule has 0 amide bonds. The van der Waals surface area contributed by atoms with Gasteiger partial charge in [-0.15, -0.1) is 5.10 Å². The van der Waals surface area contributed by atoms with Gasteiger partial charge in [-0.2, -0.15) is 0 Å². The number of rotatable bonds is 4. The maximum Gasteiger partial charge on any atom is 0.221 e. The molecule has 1 aromatic carbocycles. The lowest BCUT2D eigenvalue weighted by molar-refractivity contribution is 0.567. The first-order valence-electron chi connectivity index (χ1n) is 6.15. The molecule has 0 aliphatic heterocycles. The largest absolute Gasteiger partial charge is 0.245 e. The van der Waals surface area contributed by atoms with E-state index in [0.717, 1.165) is 12.1 Å². The zero-order valence-electron chi connectivity index (χ0n) is 10.6. The summed E-state index contributed by atoms with van der Waals surface area (Å²) in [5, 5.41) is 4.10. The molecule has 1 aliphatic carbocycles. The number of hydrogen-bond donors (Lipinski definition) is 0. The highest BCUT2D eigenvalue weighted by atomic mass is 32.2. The van der Waals surface area contributed by atoms with Gasteiger partial charge in [-0.05, 0) is 30.9 Å². The van der Waals surface area contributed by atoms with Gasteiger partial charge in [-0.25, -0.2) is 18.1 Å². The Bertz CT molecular complexity index is 702. The van der Waals surface area contributed by atoms with E-state index in [1.165, 1.54) is 19.1 Å². The van der Waals surface area contributed by atoms with Crippen LogP contribution in [0.25, 0.3) is 11.4 Å². The van der Waals surface area contributed by atoms with Gasteiger partial charge in [0.1, 0.15) is 0 Å². The molecular weight excluding hydrogens is 262 g/mol. The third kappa shape index (κ3) is 2.68. The van der Waals surface area contributed by atoms with Crippen LogP contribution in [0.15, 0.2) is 29.2 Å². The molecule has 2 aromatic rings.